The zero-order valence-electron chi connectivity index (χ0n) is 18.9. The first-order chi connectivity index (χ1) is 16.5. The standard InChI is InChI=1S/C25H28O8S/c1-14-8-10-16(11-9-14)34-22-19(26)17(12-29-23(27)15-6-4-3-5-7-15)31-25(22)30-13-18-20-21(33-20)24(28-2)32-18/h3-11,17-22,24-26H,12-13H2,1-2H3/t17-,18-,19+,20+,21+,22-,24+,25-/m1/s1. The second-order valence-electron chi connectivity index (χ2n) is 8.57. The highest BCUT2D eigenvalue weighted by Gasteiger charge is 2.59. The van der Waals surface area contributed by atoms with Gasteiger partial charge in [-0.25, -0.2) is 4.79 Å². The molecule has 0 radical (unpaired) electrons. The van der Waals surface area contributed by atoms with Gasteiger partial charge in [0.25, 0.3) is 0 Å². The Labute approximate surface area is 202 Å². The summed E-state index contributed by atoms with van der Waals surface area (Å²) < 4.78 is 34.2. The van der Waals surface area contributed by atoms with E-state index in [2.05, 4.69) is 0 Å². The number of benzene rings is 2. The second kappa shape index (κ2) is 10.3. The summed E-state index contributed by atoms with van der Waals surface area (Å²) in [6, 6.07) is 16.7. The van der Waals surface area contributed by atoms with Crippen LogP contribution in [0, 0.1) is 6.92 Å². The van der Waals surface area contributed by atoms with Crippen molar-refractivity contribution in [2.75, 3.05) is 20.3 Å². The van der Waals surface area contributed by atoms with Crippen molar-refractivity contribution in [2.24, 2.45) is 0 Å². The third-order valence-electron chi connectivity index (χ3n) is 6.14. The quantitative estimate of drug-likeness (QED) is 0.422. The van der Waals surface area contributed by atoms with E-state index in [1.807, 2.05) is 37.3 Å². The third-order valence-corrected chi connectivity index (χ3v) is 7.46. The lowest BCUT2D eigenvalue weighted by molar-refractivity contribution is -0.198. The zero-order chi connectivity index (χ0) is 23.7. The Morgan fingerprint density at radius 1 is 0.941 bits per heavy atom. The Morgan fingerprint density at radius 3 is 2.38 bits per heavy atom. The Bertz CT molecular complexity index is 971. The van der Waals surface area contributed by atoms with Gasteiger partial charge in [0.2, 0.25) is 0 Å². The molecule has 3 aliphatic heterocycles. The molecular weight excluding hydrogens is 460 g/mol. The van der Waals surface area contributed by atoms with Crippen LogP contribution in [0.5, 0.6) is 0 Å². The molecule has 3 heterocycles. The highest BCUT2D eigenvalue weighted by atomic mass is 32.2. The molecule has 2 aromatic rings. The number of aliphatic hydroxyl groups excluding tert-OH is 1. The largest absolute Gasteiger partial charge is 0.459 e. The molecule has 182 valence electrons. The van der Waals surface area contributed by atoms with Crippen molar-refractivity contribution < 1.29 is 38.3 Å². The van der Waals surface area contributed by atoms with Gasteiger partial charge < -0.3 is 33.5 Å². The maximum Gasteiger partial charge on any atom is 0.338 e. The van der Waals surface area contributed by atoms with E-state index in [1.54, 1.807) is 31.4 Å². The number of rotatable bonds is 9. The number of carbonyl (C=O) groups is 1. The molecule has 2 aromatic carbocycles. The second-order valence-corrected chi connectivity index (χ2v) is 9.82. The van der Waals surface area contributed by atoms with Gasteiger partial charge in [0.15, 0.2) is 12.6 Å². The van der Waals surface area contributed by atoms with Crippen LogP contribution in [-0.4, -0.2) is 79.7 Å². The Balaban J connectivity index is 1.23. The van der Waals surface area contributed by atoms with E-state index >= 15 is 0 Å². The Kier molecular flexibility index (Phi) is 7.22. The molecule has 0 spiro atoms. The van der Waals surface area contributed by atoms with Crippen molar-refractivity contribution >= 4 is 17.7 Å². The first kappa shape index (κ1) is 23.7. The van der Waals surface area contributed by atoms with Crippen LogP contribution in [0.3, 0.4) is 0 Å². The van der Waals surface area contributed by atoms with Crippen LogP contribution in [0.15, 0.2) is 59.5 Å². The fraction of sp³-hybridized carbons (Fsp3) is 0.480. The first-order valence-electron chi connectivity index (χ1n) is 11.3. The zero-order valence-corrected chi connectivity index (χ0v) is 19.8. The molecule has 5 rings (SSSR count). The number of fused-ring (bicyclic) bond motifs is 1. The van der Waals surface area contributed by atoms with E-state index in [0.717, 1.165) is 10.5 Å². The van der Waals surface area contributed by atoms with Crippen molar-refractivity contribution in [2.45, 2.75) is 60.2 Å². The van der Waals surface area contributed by atoms with Crippen LogP contribution in [0.25, 0.3) is 0 Å². The van der Waals surface area contributed by atoms with E-state index in [-0.39, 0.29) is 31.5 Å². The molecular formula is C25H28O8S. The van der Waals surface area contributed by atoms with Crippen LogP contribution < -0.4 is 0 Å². The van der Waals surface area contributed by atoms with Gasteiger partial charge in [0, 0.05) is 12.0 Å². The number of esters is 1. The van der Waals surface area contributed by atoms with Crippen LogP contribution in [0.2, 0.25) is 0 Å². The number of epoxide rings is 1. The molecule has 0 bridgehead atoms. The number of thioether (sulfide) groups is 1. The molecule has 3 fully saturated rings. The first-order valence-corrected chi connectivity index (χ1v) is 12.2. The maximum atomic E-state index is 12.4. The van der Waals surface area contributed by atoms with Gasteiger partial charge in [0.1, 0.15) is 37.1 Å². The lowest BCUT2D eigenvalue weighted by Crippen LogP contribution is -2.35. The lowest BCUT2D eigenvalue weighted by atomic mass is 10.2. The highest BCUT2D eigenvalue weighted by molar-refractivity contribution is 8.00. The predicted molar refractivity (Wildman–Crippen MR) is 122 cm³/mol. The monoisotopic (exact) mass is 488 g/mol. The summed E-state index contributed by atoms with van der Waals surface area (Å²) in [5.74, 6) is -0.467. The van der Waals surface area contributed by atoms with Gasteiger partial charge in [-0.15, -0.1) is 11.8 Å². The fourth-order valence-corrected chi connectivity index (χ4v) is 5.36. The number of aryl methyl sites for hydroxylation is 1. The fourth-order valence-electron chi connectivity index (χ4n) is 4.18. The number of ether oxygens (including phenoxy) is 6. The summed E-state index contributed by atoms with van der Waals surface area (Å²) >= 11 is 1.47. The number of methoxy groups -OCH3 is 1. The molecule has 9 heteroatoms. The maximum absolute atomic E-state index is 12.4. The summed E-state index contributed by atoms with van der Waals surface area (Å²) in [5.41, 5.74) is 1.59. The van der Waals surface area contributed by atoms with Crippen LogP contribution in [-0.2, 0) is 28.4 Å². The highest BCUT2D eigenvalue weighted by Crippen LogP contribution is 2.41. The number of hydrogen-bond donors (Lipinski definition) is 1. The molecule has 1 N–H and O–H groups in total. The molecule has 0 aromatic heterocycles. The van der Waals surface area contributed by atoms with Crippen molar-refractivity contribution in [1.82, 2.24) is 0 Å². The number of carbonyl (C=O) groups excluding carboxylic acids is 1. The topological polar surface area (TPSA) is 96.0 Å². The Morgan fingerprint density at radius 2 is 1.68 bits per heavy atom. The average molecular weight is 489 g/mol. The molecule has 34 heavy (non-hydrogen) atoms. The van der Waals surface area contributed by atoms with Crippen molar-refractivity contribution in [3.63, 3.8) is 0 Å². The molecule has 0 aliphatic carbocycles. The summed E-state index contributed by atoms with van der Waals surface area (Å²) in [6.07, 6.45) is -3.11. The van der Waals surface area contributed by atoms with E-state index in [4.69, 9.17) is 28.4 Å². The van der Waals surface area contributed by atoms with Crippen LogP contribution in [0.4, 0.5) is 0 Å². The normalized spacial score (nSPS) is 34.1. The van der Waals surface area contributed by atoms with Crippen molar-refractivity contribution in [3.8, 4) is 0 Å². The molecule has 0 saturated carbocycles. The summed E-state index contributed by atoms with van der Waals surface area (Å²) in [6.45, 7) is 2.17. The van der Waals surface area contributed by atoms with E-state index < -0.39 is 36.0 Å². The van der Waals surface area contributed by atoms with E-state index in [0.29, 0.717) is 5.56 Å². The predicted octanol–water partition coefficient (Wildman–Crippen LogP) is 2.55. The smallest absolute Gasteiger partial charge is 0.338 e. The van der Waals surface area contributed by atoms with Gasteiger partial charge in [-0.1, -0.05) is 35.9 Å². The molecule has 3 aliphatic rings. The van der Waals surface area contributed by atoms with Gasteiger partial charge in [0.05, 0.1) is 17.4 Å². The van der Waals surface area contributed by atoms with Crippen LogP contribution >= 0.6 is 11.8 Å². The summed E-state index contributed by atoms with van der Waals surface area (Å²) in [4.78, 5) is 13.3. The van der Waals surface area contributed by atoms with Gasteiger partial charge in [-0.3, -0.25) is 0 Å². The number of hydrogen-bond acceptors (Lipinski definition) is 9. The van der Waals surface area contributed by atoms with Gasteiger partial charge >= 0.3 is 5.97 Å². The average Bonchev–Trinajstić information content (AvgIpc) is 3.50. The van der Waals surface area contributed by atoms with E-state index in [9.17, 15) is 9.90 Å². The SMILES string of the molecule is CO[C@H]1O[C@H](CO[C@@H]2O[C@H](COC(=O)c3ccccc3)[C@H](O)[C@H]2Sc2ccc(C)cc2)[C@@H]2O[C@H]12. The summed E-state index contributed by atoms with van der Waals surface area (Å²) in [5, 5.41) is 10.6. The summed E-state index contributed by atoms with van der Waals surface area (Å²) in [7, 11) is 1.58. The molecule has 8 atom stereocenters. The van der Waals surface area contributed by atoms with Gasteiger partial charge in [-0.2, -0.15) is 0 Å². The molecule has 0 unspecified atom stereocenters. The van der Waals surface area contributed by atoms with Crippen molar-refractivity contribution in [1.29, 1.82) is 0 Å². The minimum atomic E-state index is -0.902. The minimum Gasteiger partial charge on any atom is -0.459 e. The van der Waals surface area contributed by atoms with Gasteiger partial charge in [-0.05, 0) is 31.2 Å². The minimum absolute atomic E-state index is 0.0536. The van der Waals surface area contributed by atoms with Crippen LogP contribution in [0.1, 0.15) is 15.9 Å². The molecule has 3 saturated heterocycles. The molecule has 8 nitrogen and oxygen atoms in total. The lowest BCUT2D eigenvalue weighted by Gasteiger charge is -2.22. The Hall–Kier alpha value is -1.98. The third kappa shape index (κ3) is 5.16. The van der Waals surface area contributed by atoms with E-state index in [1.165, 1.54) is 11.8 Å². The van der Waals surface area contributed by atoms with Crippen molar-refractivity contribution in [3.05, 3.63) is 65.7 Å². The number of aliphatic hydroxyl groups is 1. The molecule has 0 amide bonds.